The van der Waals surface area contributed by atoms with Crippen molar-refractivity contribution in [3.8, 4) is 0 Å². The van der Waals surface area contributed by atoms with Crippen molar-refractivity contribution in [1.29, 1.82) is 0 Å². The van der Waals surface area contributed by atoms with Gasteiger partial charge in [0, 0.05) is 0 Å². The summed E-state index contributed by atoms with van der Waals surface area (Å²) in [6, 6.07) is 0. The molecule has 0 radical (unpaired) electrons. The molecular weight excluding hydrogens is 144 g/mol. The molecule has 3 fully saturated rings. The lowest BCUT2D eigenvalue weighted by molar-refractivity contribution is 0.185. The Morgan fingerprint density at radius 1 is 0.917 bits per heavy atom. The van der Waals surface area contributed by atoms with Crippen molar-refractivity contribution in [2.45, 2.75) is 45.4 Å². The molecule has 0 aromatic carbocycles. The van der Waals surface area contributed by atoms with Crippen LogP contribution in [0.4, 0.5) is 0 Å². The summed E-state index contributed by atoms with van der Waals surface area (Å²) in [5.74, 6) is 5.92. The van der Waals surface area contributed by atoms with Crippen molar-refractivity contribution in [2.24, 2.45) is 29.6 Å². The van der Waals surface area contributed by atoms with E-state index in [1.165, 1.54) is 36.5 Å². The van der Waals surface area contributed by atoms with Crippen molar-refractivity contribution in [2.75, 3.05) is 0 Å². The largest absolute Gasteiger partial charge is 0.0651 e. The van der Waals surface area contributed by atoms with E-state index in [1.54, 1.807) is 25.7 Å². The van der Waals surface area contributed by atoms with Crippen molar-refractivity contribution < 1.29 is 0 Å². The van der Waals surface area contributed by atoms with E-state index in [9.17, 15) is 0 Å². The van der Waals surface area contributed by atoms with Gasteiger partial charge in [-0.25, -0.2) is 0 Å². The van der Waals surface area contributed by atoms with Crippen LogP contribution in [0.3, 0.4) is 0 Å². The maximum absolute atomic E-state index is 2.41. The van der Waals surface area contributed by atoms with E-state index in [0.717, 1.165) is 5.92 Å². The molecular formula is C12H20. The second-order valence-corrected chi connectivity index (χ2v) is 5.25. The van der Waals surface area contributed by atoms with Crippen molar-refractivity contribution in [1.82, 2.24) is 0 Å². The molecule has 0 heteroatoms. The van der Waals surface area contributed by atoms with E-state index in [-0.39, 0.29) is 0 Å². The number of hydrogen-bond donors (Lipinski definition) is 0. The van der Waals surface area contributed by atoms with Crippen LogP contribution in [0.25, 0.3) is 0 Å². The topological polar surface area (TPSA) is 0 Å². The Morgan fingerprint density at radius 2 is 1.67 bits per heavy atom. The highest BCUT2D eigenvalue weighted by Crippen LogP contribution is 2.65. The average Bonchev–Trinajstić information content (AvgIpc) is 2.83. The highest BCUT2D eigenvalue weighted by Gasteiger charge is 2.58. The predicted molar refractivity (Wildman–Crippen MR) is 50.8 cm³/mol. The summed E-state index contributed by atoms with van der Waals surface area (Å²) in [4.78, 5) is 0. The Hall–Kier alpha value is 0. The molecule has 0 saturated heterocycles. The van der Waals surface area contributed by atoms with Crippen LogP contribution in [0.1, 0.15) is 45.4 Å². The summed E-state index contributed by atoms with van der Waals surface area (Å²) in [5, 5.41) is 0. The van der Waals surface area contributed by atoms with Gasteiger partial charge in [0.25, 0.3) is 0 Å². The lowest BCUT2D eigenvalue weighted by Gasteiger charge is -2.32. The molecule has 0 aromatic heterocycles. The quantitative estimate of drug-likeness (QED) is 0.556. The average molecular weight is 164 g/mol. The fourth-order valence-corrected chi connectivity index (χ4v) is 4.39. The maximum atomic E-state index is 2.41. The summed E-state index contributed by atoms with van der Waals surface area (Å²) in [5.41, 5.74) is 0. The Labute approximate surface area is 75.7 Å². The third-order valence-electron chi connectivity index (χ3n) is 4.89. The Bertz CT molecular complexity index is 174. The SMILES string of the molecule is CC[C@H]1C2CCCCC2C2C[C@@H]21. The van der Waals surface area contributed by atoms with Crippen molar-refractivity contribution in [3.63, 3.8) is 0 Å². The van der Waals surface area contributed by atoms with Gasteiger partial charge in [-0.2, -0.15) is 0 Å². The van der Waals surface area contributed by atoms with Gasteiger partial charge in [0.15, 0.2) is 0 Å². The third-order valence-corrected chi connectivity index (χ3v) is 4.89. The molecule has 0 aromatic rings. The molecule has 0 aliphatic heterocycles. The maximum Gasteiger partial charge on any atom is -0.0349 e. The Morgan fingerprint density at radius 3 is 2.42 bits per heavy atom. The molecule has 3 saturated carbocycles. The monoisotopic (exact) mass is 164 g/mol. The number of rotatable bonds is 1. The zero-order valence-electron chi connectivity index (χ0n) is 8.13. The van der Waals surface area contributed by atoms with Gasteiger partial charge >= 0.3 is 0 Å². The van der Waals surface area contributed by atoms with E-state index in [4.69, 9.17) is 0 Å². The van der Waals surface area contributed by atoms with Gasteiger partial charge in [-0.05, 0) is 48.9 Å². The van der Waals surface area contributed by atoms with Crippen LogP contribution in [0.2, 0.25) is 0 Å². The minimum Gasteiger partial charge on any atom is -0.0651 e. The summed E-state index contributed by atoms with van der Waals surface area (Å²) >= 11 is 0. The van der Waals surface area contributed by atoms with E-state index in [0.29, 0.717) is 0 Å². The minimum atomic E-state index is 1.15. The minimum absolute atomic E-state index is 1.15. The molecule has 3 aliphatic rings. The Balaban J connectivity index is 1.81. The first-order valence-corrected chi connectivity index (χ1v) is 5.92. The van der Waals surface area contributed by atoms with Crippen LogP contribution < -0.4 is 0 Å². The molecule has 0 N–H and O–H groups in total. The summed E-state index contributed by atoms with van der Waals surface area (Å²) in [6.45, 7) is 2.41. The second-order valence-electron chi connectivity index (χ2n) is 5.25. The van der Waals surface area contributed by atoms with Crippen LogP contribution in [0.15, 0.2) is 0 Å². The molecule has 68 valence electrons. The first-order valence-electron chi connectivity index (χ1n) is 5.92. The number of hydrogen-bond acceptors (Lipinski definition) is 0. The molecule has 12 heavy (non-hydrogen) atoms. The molecule has 0 amide bonds. The zero-order chi connectivity index (χ0) is 8.13. The predicted octanol–water partition coefficient (Wildman–Crippen LogP) is 3.47. The molecule has 3 unspecified atom stereocenters. The van der Waals surface area contributed by atoms with Gasteiger partial charge in [-0.15, -0.1) is 0 Å². The van der Waals surface area contributed by atoms with Crippen LogP contribution in [-0.2, 0) is 0 Å². The van der Waals surface area contributed by atoms with Gasteiger partial charge in [-0.1, -0.05) is 26.2 Å². The highest BCUT2D eigenvalue weighted by atomic mass is 14.6. The smallest absolute Gasteiger partial charge is 0.0349 e. The molecule has 0 heterocycles. The molecule has 3 rings (SSSR count). The van der Waals surface area contributed by atoms with Crippen LogP contribution >= 0.6 is 0 Å². The van der Waals surface area contributed by atoms with E-state index in [1.807, 2.05) is 0 Å². The second kappa shape index (κ2) is 2.49. The normalized spacial score (nSPS) is 56.2. The van der Waals surface area contributed by atoms with Crippen LogP contribution in [0.5, 0.6) is 0 Å². The summed E-state index contributed by atoms with van der Waals surface area (Å²) in [7, 11) is 0. The fraction of sp³-hybridized carbons (Fsp3) is 1.00. The first-order chi connectivity index (χ1) is 5.92. The van der Waals surface area contributed by atoms with Crippen LogP contribution in [0, 0.1) is 29.6 Å². The lowest BCUT2D eigenvalue weighted by Crippen LogP contribution is -2.22. The number of fused-ring (bicyclic) bond motifs is 3. The zero-order valence-corrected chi connectivity index (χ0v) is 8.13. The van der Waals surface area contributed by atoms with Crippen molar-refractivity contribution in [3.05, 3.63) is 0 Å². The Kier molecular flexibility index (Phi) is 1.54. The molecule has 3 aliphatic carbocycles. The van der Waals surface area contributed by atoms with Gasteiger partial charge in [0.2, 0.25) is 0 Å². The highest BCUT2D eigenvalue weighted by molar-refractivity contribution is 5.07. The van der Waals surface area contributed by atoms with Gasteiger partial charge < -0.3 is 0 Å². The fourth-order valence-electron chi connectivity index (χ4n) is 4.39. The lowest BCUT2D eigenvalue weighted by atomic mass is 9.74. The van der Waals surface area contributed by atoms with Crippen LogP contribution in [-0.4, -0.2) is 0 Å². The third kappa shape index (κ3) is 0.843. The standard InChI is InChI=1S/C12H20/c1-2-8-9-5-3-4-6-10(9)12-7-11(8)12/h8-12H,2-7H2,1H3/t8-,9?,10?,11+,12?/m0/s1. The summed E-state index contributed by atoms with van der Waals surface area (Å²) in [6.07, 6.45) is 9.33. The van der Waals surface area contributed by atoms with Gasteiger partial charge in [0.05, 0.1) is 0 Å². The van der Waals surface area contributed by atoms with Crippen molar-refractivity contribution >= 4 is 0 Å². The molecule has 0 spiro atoms. The van der Waals surface area contributed by atoms with E-state index < -0.39 is 0 Å². The molecule has 0 bridgehead atoms. The molecule has 0 nitrogen and oxygen atoms in total. The van der Waals surface area contributed by atoms with E-state index in [2.05, 4.69) is 6.92 Å². The molecule has 5 atom stereocenters. The van der Waals surface area contributed by atoms with Gasteiger partial charge in [-0.3, -0.25) is 0 Å². The first kappa shape index (κ1) is 7.41. The van der Waals surface area contributed by atoms with Gasteiger partial charge in [0.1, 0.15) is 0 Å². The summed E-state index contributed by atoms with van der Waals surface area (Å²) < 4.78 is 0. The van der Waals surface area contributed by atoms with E-state index >= 15 is 0 Å².